The van der Waals surface area contributed by atoms with Crippen molar-refractivity contribution in [1.82, 2.24) is 10.2 Å². The summed E-state index contributed by atoms with van der Waals surface area (Å²) < 4.78 is 0. The van der Waals surface area contributed by atoms with Crippen LogP contribution in [0.25, 0.3) is 0 Å². The van der Waals surface area contributed by atoms with Crippen LogP contribution >= 0.6 is 12.2 Å². The van der Waals surface area contributed by atoms with E-state index in [4.69, 9.17) is 12.2 Å². The Morgan fingerprint density at radius 1 is 1.75 bits per heavy atom. The van der Waals surface area contributed by atoms with Crippen molar-refractivity contribution in [2.24, 2.45) is 0 Å². The van der Waals surface area contributed by atoms with Crippen LogP contribution in [0.2, 0.25) is 0 Å². The van der Waals surface area contributed by atoms with E-state index in [0.717, 1.165) is 11.7 Å². The third kappa shape index (κ3) is 2.12. The molecule has 2 nitrogen and oxygen atoms in total. The van der Waals surface area contributed by atoms with Gasteiger partial charge in [0.25, 0.3) is 0 Å². The molecule has 0 radical (unpaired) electrons. The first-order valence-electron chi connectivity index (χ1n) is 2.65. The Morgan fingerprint density at radius 3 is 2.38 bits per heavy atom. The minimum atomic E-state index is 0.799. The average molecular weight is 132 g/mol. The van der Waals surface area contributed by atoms with Crippen LogP contribution in [0.4, 0.5) is 0 Å². The molecule has 0 aromatic heterocycles. The molecule has 0 aliphatic heterocycles. The Hall–Kier alpha value is -0.310. The Morgan fingerprint density at radius 2 is 2.25 bits per heavy atom. The van der Waals surface area contributed by atoms with E-state index in [-0.39, 0.29) is 0 Å². The molecule has 3 heteroatoms. The topological polar surface area (TPSA) is 15.3 Å². The second kappa shape index (κ2) is 3.66. The van der Waals surface area contributed by atoms with Gasteiger partial charge in [-0.2, -0.15) is 0 Å². The van der Waals surface area contributed by atoms with Gasteiger partial charge in [-0.25, -0.2) is 0 Å². The van der Waals surface area contributed by atoms with Gasteiger partial charge >= 0.3 is 0 Å². The number of hydrogen-bond donors (Lipinski definition) is 1. The smallest absolute Gasteiger partial charge is 0.168 e. The van der Waals surface area contributed by atoms with Crippen LogP contribution < -0.4 is 5.32 Å². The summed E-state index contributed by atoms with van der Waals surface area (Å²) in [5.74, 6) is 0. The molecule has 0 unspecified atom stereocenters. The lowest BCUT2D eigenvalue weighted by molar-refractivity contribution is 0.529. The van der Waals surface area contributed by atoms with Crippen LogP contribution in [0.1, 0.15) is 6.92 Å². The van der Waals surface area contributed by atoms with Crippen molar-refractivity contribution in [2.45, 2.75) is 6.92 Å². The first kappa shape index (κ1) is 7.69. The van der Waals surface area contributed by atoms with E-state index in [1.54, 1.807) is 0 Å². The maximum absolute atomic E-state index is 4.89. The Kier molecular flexibility index (Phi) is 3.52. The molecular formula is C5H12N2S. The summed E-state index contributed by atoms with van der Waals surface area (Å²) in [6.45, 7) is 3.02. The maximum atomic E-state index is 4.89. The molecule has 0 rings (SSSR count). The number of rotatable bonds is 1. The second-order valence-electron chi connectivity index (χ2n) is 1.57. The van der Waals surface area contributed by atoms with Gasteiger partial charge in [-0.05, 0) is 19.1 Å². The molecule has 0 aromatic carbocycles. The van der Waals surface area contributed by atoms with Crippen LogP contribution in [-0.4, -0.2) is 30.7 Å². The molecule has 1 N–H and O–H groups in total. The molecular weight excluding hydrogens is 120 g/mol. The fourth-order valence-corrected chi connectivity index (χ4v) is 0.464. The lowest BCUT2D eigenvalue weighted by atomic mass is 10.6. The summed E-state index contributed by atoms with van der Waals surface area (Å²) in [7, 11) is 3.79. The molecule has 0 aliphatic carbocycles. The summed E-state index contributed by atoms with van der Waals surface area (Å²) in [6.07, 6.45) is 0. The van der Waals surface area contributed by atoms with Crippen LogP contribution in [0, 0.1) is 0 Å². The van der Waals surface area contributed by atoms with E-state index < -0.39 is 0 Å². The fraction of sp³-hybridized carbons (Fsp3) is 0.800. The highest BCUT2D eigenvalue weighted by Gasteiger charge is 1.94. The van der Waals surface area contributed by atoms with Gasteiger partial charge in [-0.15, -0.1) is 0 Å². The summed E-state index contributed by atoms with van der Waals surface area (Å²) >= 11 is 4.89. The van der Waals surface area contributed by atoms with Crippen LogP contribution in [0.15, 0.2) is 0 Å². The number of hydrogen-bond acceptors (Lipinski definition) is 1. The van der Waals surface area contributed by atoms with Crippen molar-refractivity contribution in [2.75, 3.05) is 20.6 Å². The summed E-state index contributed by atoms with van der Waals surface area (Å²) in [5, 5.41) is 3.67. The molecule has 0 saturated carbocycles. The lowest BCUT2D eigenvalue weighted by Crippen LogP contribution is -2.34. The highest BCUT2D eigenvalue weighted by atomic mass is 32.1. The SMILES string of the molecule is CCN(C)C(=S)NC. The first-order chi connectivity index (χ1) is 3.72. The molecule has 0 spiro atoms. The number of nitrogens with zero attached hydrogens (tertiary/aromatic N) is 1. The molecule has 0 bridgehead atoms. The molecule has 0 atom stereocenters. The monoisotopic (exact) mass is 132 g/mol. The quantitative estimate of drug-likeness (QED) is 0.521. The van der Waals surface area contributed by atoms with Gasteiger partial charge in [-0.3, -0.25) is 0 Å². The Bertz CT molecular complexity index is 82.5. The minimum absolute atomic E-state index is 0.799. The predicted octanol–water partition coefficient (Wildman–Crippen LogP) is 0.442. The van der Waals surface area contributed by atoms with Crippen molar-refractivity contribution in [1.29, 1.82) is 0 Å². The maximum Gasteiger partial charge on any atom is 0.168 e. The van der Waals surface area contributed by atoms with E-state index in [9.17, 15) is 0 Å². The lowest BCUT2D eigenvalue weighted by Gasteiger charge is -2.15. The van der Waals surface area contributed by atoms with Gasteiger partial charge in [0.1, 0.15) is 0 Å². The number of nitrogens with one attached hydrogen (secondary N) is 1. The second-order valence-corrected chi connectivity index (χ2v) is 1.96. The van der Waals surface area contributed by atoms with Gasteiger partial charge in [0.15, 0.2) is 5.11 Å². The van der Waals surface area contributed by atoms with E-state index >= 15 is 0 Å². The average Bonchev–Trinajstić information content (AvgIpc) is 1.84. The Labute approximate surface area is 55.9 Å². The van der Waals surface area contributed by atoms with E-state index in [1.807, 2.05) is 19.0 Å². The normalized spacial score (nSPS) is 8.38. The molecule has 0 aromatic rings. The summed E-state index contributed by atoms with van der Waals surface area (Å²) in [4.78, 5) is 1.97. The van der Waals surface area contributed by atoms with Gasteiger partial charge in [-0.1, -0.05) is 0 Å². The van der Waals surface area contributed by atoms with E-state index in [2.05, 4.69) is 12.2 Å². The van der Waals surface area contributed by atoms with Crippen molar-refractivity contribution in [3.63, 3.8) is 0 Å². The van der Waals surface area contributed by atoms with E-state index in [1.165, 1.54) is 0 Å². The highest BCUT2D eigenvalue weighted by molar-refractivity contribution is 7.80. The zero-order valence-electron chi connectivity index (χ0n) is 5.56. The molecule has 0 saturated heterocycles. The molecule has 0 heterocycles. The standard InChI is InChI=1S/C5H12N2S/c1-4-7(3)5(8)6-2/h4H2,1-3H3,(H,6,8). The van der Waals surface area contributed by atoms with Crippen molar-refractivity contribution < 1.29 is 0 Å². The minimum Gasteiger partial charge on any atom is -0.366 e. The van der Waals surface area contributed by atoms with Crippen molar-refractivity contribution in [3.05, 3.63) is 0 Å². The predicted molar refractivity (Wildman–Crippen MR) is 40.0 cm³/mol. The van der Waals surface area contributed by atoms with Gasteiger partial charge in [0, 0.05) is 20.6 Å². The zero-order chi connectivity index (χ0) is 6.57. The molecule has 0 aliphatic rings. The van der Waals surface area contributed by atoms with E-state index in [0.29, 0.717) is 0 Å². The summed E-state index contributed by atoms with van der Waals surface area (Å²) in [6, 6.07) is 0. The van der Waals surface area contributed by atoms with Crippen LogP contribution in [-0.2, 0) is 0 Å². The largest absolute Gasteiger partial charge is 0.366 e. The van der Waals surface area contributed by atoms with Crippen molar-refractivity contribution in [3.8, 4) is 0 Å². The van der Waals surface area contributed by atoms with Crippen molar-refractivity contribution >= 4 is 17.3 Å². The zero-order valence-corrected chi connectivity index (χ0v) is 6.38. The molecule has 0 amide bonds. The van der Waals surface area contributed by atoms with Gasteiger partial charge in [0.2, 0.25) is 0 Å². The molecule has 8 heavy (non-hydrogen) atoms. The third-order valence-electron chi connectivity index (χ3n) is 1.03. The number of thiocarbonyl (C=S) groups is 1. The van der Waals surface area contributed by atoms with Gasteiger partial charge in [0.05, 0.1) is 0 Å². The first-order valence-corrected chi connectivity index (χ1v) is 3.06. The highest BCUT2D eigenvalue weighted by Crippen LogP contribution is 1.79. The summed E-state index contributed by atoms with van der Waals surface area (Å²) in [5.41, 5.74) is 0. The van der Waals surface area contributed by atoms with Crippen LogP contribution in [0.3, 0.4) is 0 Å². The molecule has 48 valence electrons. The third-order valence-corrected chi connectivity index (χ3v) is 1.55. The van der Waals surface area contributed by atoms with Crippen LogP contribution in [0.5, 0.6) is 0 Å². The molecule has 0 fully saturated rings. The Balaban J connectivity index is 3.46. The fourth-order valence-electron chi connectivity index (χ4n) is 0.334. The van der Waals surface area contributed by atoms with Gasteiger partial charge < -0.3 is 10.2 Å².